The summed E-state index contributed by atoms with van der Waals surface area (Å²) in [6.07, 6.45) is 6.11. The predicted molar refractivity (Wildman–Crippen MR) is 104 cm³/mol. The number of allylic oxidation sites excluding steroid dienone is 2. The number of hydrogen-bond acceptors (Lipinski definition) is 5. The van der Waals surface area contributed by atoms with Crippen molar-refractivity contribution in [1.29, 1.82) is 0 Å². The second-order valence-electron chi connectivity index (χ2n) is 7.73. The number of fused-ring (bicyclic) bond motifs is 1. The average molecular weight is 374 g/mol. The van der Waals surface area contributed by atoms with Gasteiger partial charge in [0.05, 0.1) is 12.7 Å². The van der Waals surface area contributed by atoms with Gasteiger partial charge in [-0.25, -0.2) is 4.79 Å². The Bertz CT molecular complexity index is 693. The fraction of sp³-hybridized carbons (Fsp3) is 0.545. The fourth-order valence-electron chi connectivity index (χ4n) is 3.80. The topological polar surface area (TPSA) is 72.8 Å². The van der Waals surface area contributed by atoms with Crippen LogP contribution in [0.1, 0.15) is 47.0 Å². The molecular formula is C22H30O5. The van der Waals surface area contributed by atoms with Crippen molar-refractivity contribution in [3.8, 4) is 0 Å². The molecular weight excluding hydrogens is 344 g/mol. The Hall–Kier alpha value is -2.14. The summed E-state index contributed by atoms with van der Waals surface area (Å²) in [7, 11) is 0. The number of carbonyl (C=O) groups excluding carboxylic acids is 2. The summed E-state index contributed by atoms with van der Waals surface area (Å²) in [6.45, 7) is 11.7. The summed E-state index contributed by atoms with van der Waals surface area (Å²) in [4.78, 5) is 23.8. The minimum absolute atomic E-state index is 0.0507. The summed E-state index contributed by atoms with van der Waals surface area (Å²) in [5.41, 5.74) is 3.49. The normalized spacial score (nSPS) is 30.6. The van der Waals surface area contributed by atoms with Crippen LogP contribution < -0.4 is 0 Å². The van der Waals surface area contributed by atoms with Gasteiger partial charge in [-0.3, -0.25) is 4.79 Å². The fourth-order valence-corrected chi connectivity index (χ4v) is 3.80. The second-order valence-corrected chi connectivity index (χ2v) is 7.73. The van der Waals surface area contributed by atoms with Crippen molar-refractivity contribution in [1.82, 2.24) is 0 Å². The van der Waals surface area contributed by atoms with Gasteiger partial charge < -0.3 is 14.6 Å². The Labute approximate surface area is 161 Å². The first-order valence-corrected chi connectivity index (χ1v) is 9.41. The minimum atomic E-state index is -0.831. The molecule has 0 unspecified atom stereocenters. The minimum Gasteiger partial charge on any atom is -0.462 e. The number of hydrogen-bond donors (Lipinski definition) is 1. The van der Waals surface area contributed by atoms with Gasteiger partial charge in [-0.05, 0) is 45.8 Å². The number of aliphatic hydroxyl groups excluding tert-OH is 1. The molecule has 0 bridgehead atoms. The Kier molecular flexibility index (Phi) is 7.19. The molecule has 5 heteroatoms. The third-order valence-electron chi connectivity index (χ3n) is 4.99. The first-order chi connectivity index (χ1) is 12.7. The molecule has 2 rings (SSSR count). The van der Waals surface area contributed by atoms with Crippen molar-refractivity contribution in [3.05, 3.63) is 47.1 Å². The molecule has 1 N–H and O–H groups in total. The number of carbonyl (C=O) groups is 2. The highest BCUT2D eigenvalue weighted by atomic mass is 16.5. The molecule has 1 fully saturated rings. The van der Waals surface area contributed by atoms with E-state index in [2.05, 4.69) is 6.58 Å². The van der Waals surface area contributed by atoms with Crippen LogP contribution in [0.15, 0.2) is 47.1 Å². The number of aliphatic hydroxyl groups is 1. The second kappa shape index (κ2) is 9.18. The SMILES string of the molecule is C=C1C[C@H](OC(C)=O)/C=C(\C)CC[C@@H]2/C(=C\[C@H](O)C=C(C)C)C(=O)OC[C@@H]12. The molecule has 4 atom stereocenters. The van der Waals surface area contributed by atoms with Gasteiger partial charge >= 0.3 is 11.9 Å². The van der Waals surface area contributed by atoms with Crippen LogP contribution in [0.2, 0.25) is 0 Å². The summed E-state index contributed by atoms with van der Waals surface area (Å²) in [5, 5.41) is 10.3. The van der Waals surface area contributed by atoms with E-state index in [1.54, 1.807) is 12.2 Å². The van der Waals surface area contributed by atoms with Crippen LogP contribution in [0.25, 0.3) is 0 Å². The van der Waals surface area contributed by atoms with Crippen LogP contribution in [0.4, 0.5) is 0 Å². The van der Waals surface area contributed by atoms with Crippen LogP contribution in [0, 0.1) is 11.8 Å². The van der Waals surface area contributed by atoms with Crippen LogP contribution in [0.3, 0.4) is 0 Å². The molecule has 0 aromatic heterocycles. The molecule has 1 aliphatic heterocycles. The largest absolute Gasteiger partial charge is 0.462 e. The van der Waals surface area contributed by atoms with E-state index in [4.69, 9.17) is 9.47 Å². The van der Waals surface area contributed by atoms with Gasteiger partial charge in [0.25, 0.3) is 0 Å². The average Bonchev–Trinajstić information content (AvgIpc) is 2.58. The maximum absolute atomic E-state index is 12.4. The standard InChI is InChI=1S/C22H30O5/c1-13(2)8-17(24)11-20-19-7-6-14(3)9-18(27-16(5)23)10-15(4)21(19)12-26-22(20)25/h8-9,11,17-19,21,24H,4,6-7,10,12H2,1-3,5H3/b14-9+,20-11+/t17-,18-,19-,21+/m1/s1. The quantitative estimate of drug-likeness (QED) is 0.464. The zero-order valence-corrected chi connectivity index (χ0v) is 16.7. The molecule has 1 saturated heterocycles. The number of ether oxygens (including phenoxy) is 2. The van der Waals surface area contributed by atoms with Crippen molar-refractivity contribution >= 4 is 11.9 Å². The molecule has 2 aliphatic rings. The zero-order chi connectivity index (χ0) is 20.1. The maximum Gasteiger partial charge on any atom is 0.334 e. The Morgan fingerprint density at radius 2 is 2.07 bits per heavy atom. The summed E-state index contributed by atoms with van der Waals surface area (Å²) < 4.78 is 10.8. The predicted octanol–water partition coefficient (Wildman–Crippen LogP) is 3.65. The molecule has 0 radical (unpaired) electrons. The summed E-state index contributed by atoms with van der Waals surface area (Å²) in [6, 6.07) is 0. The molecule has 1 heterocycles. The van der Waals surface area contributed by atoms with Crippen molar-refractivity contribution < 1.29 is 24.2 Å². The first kappa shape index (κ1) is 21.2. The van der Waals surface area contributed by atoms with Gasteiger partial charge in [-0.15, -0.1) is 0 Å². The lowest BCUT2D eigenvalue weighted by Gasteiger charge is -2.34. The smallest absolute Gasteiger partial charge is 0.334 e. The van der Waals surface area contributed by atoms with Crippen LogP contribution >= 0.6 is 0 Å². The molecule has 5 nitrogen and oxygen atoms in total. The van der Waals surface area contributed by atoms with Crippen molar-refractivity contribution in [3.63, 3.8) is 0 Å². The van der Waals surface area contributed by atoms with E-state index in [1.165, 1.54) is 6.92 Å². The highest BCUT2D eigenvalue weighted by Crippen LogP contribution is 2.39. The Balaban J connectivity index is 2.34. The van der Waals surface area contributed by atoms with Crippen molar-refractivity contribution in [2.24, 2.45) is 11.8 Å². The van der Waals surface area contributed by atoms with Crippen LogP contribution in [0.5, 0.6) is 0 Å². The van der Waals surface area contributed by atoms with E-state index in [-0.39, 0.29) is 36.5 Å². The molecule has 148 valence electrons. The van der Waals surface area contributed by atoms with E-state index >= 15 is 0 Å². The van der Waals surface area contributed by atoms with E-state index in [9.17, 15) is 14.7 Å². The highest BCUT2D eigenvalue weighted by Gasteiger charge is 2.38. The molecule has 0 amide bonds. The van der Waals surface area contributed by atoms with Crippen molar-refractivity contribution in [2.45, 2.75) is 59.2 Å². The number of cyclic esters (lactones) is 1. The van der Waals surface area contributed by atoms with Gasteiger partial charge in [0.1, 0.15) is 6.10 Å². The molecule has 0 aromatic rings. The third kappa shape index (κ3) is 5.93. The Morgan fingerprint density at radius 3 is 2.70 bits per heavy atom. The molecule has 0 aromatic carbocycles. The van der Waals surface area contributed by atoms with E-state index in [0.717, 1.165) is 29.6 Å². The molecule has 1 aliphatic carbocycles. The van der Waals surface area contributed by atoms with E-state index in [0.29, 0.717) is 12.0 Å². The zero-order valence-electron chi connectivity index (χ0n) is 16.7. The first-order valence-electron chi connectivity index (χ1n) is 9.41. The van der Waals surface area contributed by atoms with Crippen LogP contribution in [-0.2, 0) is 19.1 Å². The maximum atomic E-state index is 12.4. The van der Waals surface area contributed by atoms with Crippen LogP contribution in [-0.4, -0.2) is 35.9 Å². The monoisotopic (exact) mass is 374 g/mol. The third-order valence-corrected chi connectivity index (χ3v) is 4.99. The van der Waals surface area contributed by atoms with Crippen molar-refractivity contribution in [2.75, 3.05) is 6.61 Å². The lowest BCUT2D eigenvalue weighted by molar-refractivity contribution is -0.145. The lowest BCUT2D eigenvalue weighted by Crippen LogP contribution is -2.35. The number of esters is 2. The molecule has 0 spiro atoms. The number of rotatable bonds is 3. The molecule has 27 heavy (non-hydrogen) atoms. The summed E-state index contributed by atoms with van der Waals surface area (Å²) >= 11 is 0. The van der Waals surface area contributed by atoms with E-state index < -0.39 is 6.10 Å². The van der Waals surface area contributed by atoms with Gasteiger partial charge in [-0.1, -0.05) is 29.4 Å². The Morgan fingerprint density at radius 1 is 1.37 bits per heavy atom. The molecule has 0 saturated carbocycles. The van der Waals surface area contributed by atoms with Gasteiger partial charge in [0, 0.05) is 30.8 Å². The summed E-state index contributed by atoms with van der Waals surface area (Å²) in [5.74, 6) is -0.820. The van der Waals surface area contributed by atoms with Gasteiger partial charge in [-0.2, -0.15) is 0 Å². The van der Waals surface area contributed by atoms with Gasteiger partial charge in [0.2, 0.25) is 0 Å². The highest BCUT2D eigenvalue weighted by molar-refractivity contribution is 5.90. The van der Waals surface area contributed by atoms with E-state index in [1.807, 2.05) is 26.8 Å². The van der Waals surface area contributed by atoms with Gasteiger partial charge in [0.15, 0.2) is 0 Å². The lowest BCUT2D eigenvalue weighted by atomic mass is 9.76.